The molecule has 0 aliphatic carbocycles. The molecule has 6 nitrogen and oxygen atoms in total. The largest absolute Gasteiger partial charge is 0.378 e. The van der Waals surface area contributed by atoms with E-state index in [-0.39, 0.29) is 11.8 Å². The third kappa shape index (κ3) is 4.96. The van der Waals surface area contributed by atoms with Gasteiger partial charge in [-0.1, -0.05) is 19.1 Å². The molecule has 0 atom stereocenters. The monoisotopic (exact) mass is 333 g/mol. The minimum atomic E-state index is -0.0274. The number of para-hydroxylation sites is 2. The second-order valence-electron chi connectivity index (χ2n) is 5.86. The van der Waals surface area contributed by atoms with Crippen LogP contribution >= 0.6 is 0 Å². The van der Waals surface area contributed by atoms with Gasteiger partial charge in [-0.05, 0) is 18.6 Å². The van der Waals surface area contributed by atoms with Crippen molar-refractivity contribution in [3.05, 3.63) is 24.3 Å². The average Bonchev–Trinajstić information content (AvgIpc) is 2.59. The lowest BCUT2D eigenvalue weighted by molar-refractivity contribution is -0.121. The van der Waals surface area contributed by atoms with E-state index < -0.39 is 0 Å². The fourth-order valence-corrected chi connectivity index (χ4v) is 2.83. The van der Waals surface area contributed by atoms with Gasteiger partial charge >= 0.3 is 0 Å². The van der Waals surface area contributed by atoms with Gasteiger partial charge in [-0.2, -0.15) is 0 Å². The van der Waals surface area contributed by atoms with Crippen molar-refractivity contribution in [1.82, 2.24) is 5.32 Å². The summed E-state index contributed by atoms with van der Waals surface area (Å²) in [6, 6.07) is 7.91. The van der Waals surface area contributed by atoms with Gasteiger partial charge in [-0.3, -0.25) is 9.59 Å². The number of carbonyl (C=O) groups is 2. The zero-order valence-electron chi connectivity index (χ0n) is 14.6. The summed E-state index contributed by atoms with van der Waals surface area (Å²) in [7, 11) is 0. The van der Waals surface area contributed by atoms with E-state index in [1.54, 1.807) is 11.8 Å². The van der Waals surface area contributed by atoms with Gasteiger partial charge in [0.15, 0.2) is 0 Å². The summed E-state index contributed by atoms with van der Waals surface area (Å²) >= 11 is 0. The zero-order valence-corrected chi connectivity index (χ0v) is 14.6. The summed E-state index contributed by atoms with van der Waals surface area (Å²) in [5.41, 5.74) is 1.92. The standard InChI is InChI=1S/C18H27N3O3/c1-3-6-18(23)19-9-10-21(15(2)22)17-8-5-4-7-16(17)20-11-13-24-14-12-20/h4-5,7-8H,3,6,9-14H2,1-2H3,(H,19,23). The van der Waals surface area contributed by atoms with E-state index in [0.717, 1.165) is 30.9 Å². The Bertz CT molecular complexity index is 556. The summed E-state index contributed by atoms with van der Waals surface area (Å²) in [5, 5.41) is 2.87. The van der Waals surface area contributed by atoms with Crippen LogP contribution in [0.5, 0.6) is 0 Å². The molecule has 1 heterocycles. The molecule has 0 unspecified atom stereocenters. The Kier molecular flexibility index (Phi) is 7.06. The predicted octanol–water partition coefficient (Wildman–Crippen LogP) is 1.79. The molecule has 2 rings (SSSR count). The van der Waals surface area contributed by atoms with Crippen molar-refractivity contribution in [2.24, 2.45) is 0 Å². The van der Waals surface area contributed by atoms with E-state index >= 15 is 0 Å². The molecule has 1 N–H and O–H groups in total. The lowest BCUT2D eigenvalue weighted by Gasteiger charge is -2.33. The molecular formula is C18H27N3O3. The highest BCUT2D eigenvalue weighted by molar-refractivity contribution is 5.95. The van der Waals surface area contributed by atoms with Gasteiger partial charge < -0.3 is 19.9 Å². The molecular weight excluding hydrogens is 306 g/mol. The molecule has 1 fully saturated rings. The molecule has 2 amide bonds. The third-order valence-electron chi connectivity index (χ3n) is 4.04. The van der Waals surface area contributed by atoms with Crippen LogP contribution in [0.1, 0.15) is 26.7 Å². The lowest BCUT2D eigenvalue weighted by Crippen LogP contribution is -2.40. The smallest absolute Gasteiger partial charge is 0.223 e. The first-order valence-corrected chi connectivity index (χ1v) is 8.60. The molecule has 0 saturated carbocycles. The summed E-state index contributed by atoms with van der Waals surface area (Å²) < 4.78 is 5.41. The van der Waals surface area contributed by atoms with E-state index in [2.05, 4.69) is 10.2 Å². The van der Waals surface area contributed by atoms with Crippen LogP contribution in [-0.2, 0) is 14.3 Å². The highest BCUT2D eigenvalue weighted by Crippen LogP contribution is 2.29. The molecule has 1 saturated heterocycles. The van der Waals surface area contributed by atoms with Crippen LogP contribution in [0.25, 0.3) is 0 Å². The number of morpholine rings is 1. The number of nitrogens with one attached hydrogen (secondary N) is 1. The van der Waals surface area contributed by atoms with Crippen LogP contribution in [-0.4, -0.2) is 51.2 Å². The van der Waals surface area contributed by atoms with Gasteiger partial charge in [0.1, 0.15) is 0 Å². The van der Waals surface area contributed by atoms with Crippen molar-refractivity contribution in [3.8, 4) is 0 Å². The van der Waals surface area contributed by atoms with Crippen LogP contribution in [0, 0.1) is 0 Å². The van der Waals surface area contributed by atoms with E-state index in [1.807, 2.05) is 31.2 Å². The molecule has 0 radical (unpaired) electrons. The Labute approximate surface area is 143 Å². The second-order valence-corrected chi connectivity index (χ2v) is 5.86. The molecule has 0 aromatic heterocycles. The van der Waals surface area contributed by atoms with Crippen LogP contribution < -0.4 is 15.1 Å². The third-order valence-corrected chi connectivity index (χ3v) is 4.04. The molecule has 1 aliphatic rings. The normalized spacial score (nSPS) is 14.3. The molecule has 24 heavy (non-hydrogen) atoms. The van der Waals surface area contributed by atoms with Crippen molar-refractivity contribution in [2.75, 3.05) is 49.2 Å². The molecule has 1 aromatic carbocycles. The number of carbonyl (C=O) groups excluding carboxylic acids is 2. The van der Waals surface area contributed by atoms with E-state index in [1.165, 1.54) is 0 Å². The summed E-state index contributed by atoms with van der Waals surface area (Å²) in [4.78, 5) is 27.7. The van der Waals surface area contributed by atoms with Crippen molar-refractivity contribution in [3.63, 3.8) is 0 Å². The Morgan fingerprint density at radius 3 is 2.62 bits per heavy atom. The van der Waals surface area contributed by atoms with Crippen molar-refractivity contribution in [2.45, 2.75) is 26.7 Å². The number of hydrogen-bond acceptors (Lipinski definition) is 4. The second kappa shape index (κ2) is 9.27. The minimum absolute atomic E-state index is 0.0274. The zero-order chi connectivity index (χ0) is 17.4. The van der Waals surface area contributed by atoms with Crippen molar-refractivity contribution in [1.29, 1.82) is 0 Å². The first-order valence-electron chi connectivity index (χ1n) is 8.60. The van der Waals surface area contributed by atoms with Gasteiger partial charge in [0.2, 0.25) is 11.8 Å². The van der Waals surface area contributed by atoms with Crippen LogP contribution in [0.3, 0.4) is 0 Å². The van der Waals surface area contributed by atoms with Gasteiger partial charge in [0.25, 0.3) is 0 Å². The number of hydrogen-bond donors (Lipinski definition) is 1. The fraction of sp³-hybridized carbons (Fsp3) is 0.556. The van der Waals surface area contributed by atoms with E-state index in [4.69, 9.17) is 4.74 Å². The number of benzene rings is 1. The molecule has 0 spiro atoms. The van der Waals surface area contributed by atoms with Crippen molar-refractivity contribution < 1.29 is 14.3 Å². The number of rotatable bonds is 7. The summed E-state index contributed by atoms with van der Waals surface area (Å²) in [6.45, 7) is 7.47. The Balaban J connectivity index is 2.09. The predicted molar refractivity (Wildman–Crippen MR) is 95.4 cm³/mol. The number of anilines is 2. The van der Waals surface area contributed by atoms with Crippen LogP contribution in [0.2, 0.25) is 0 Å². The molecule has 1 aromatic rings. The van der Waals surface area contributed by atoms with Gasteiger partial charge in [-0.15, -0.1) is 0 Å². The SMILES string of the molecule is CCCC(=O)NCCN(C(C)=O)c1ccccc1N1CCOCC1. The fourth-order valence-electron chi connectivity index (χ4n) is 2.83. The van der Waals surface area contributed by atoms with Crippen LogP contribution in [0.4, 0.5) is 11.4 Å². The lowest BCUT2D eigenvalue weighted by atomic mass is 10.2. The van der Waals surface area contributed by atoms with Gasteiger partial charge in [0.05, 0.1) is 24.6 Å². The summed E-state index contributed by atoms with van der Waals surface area (Å²) in [6.07, 6.45) is 1.34. The highest BCUT2D eigenvalue weighted by Gasteiger charge is 2.20. The first-order chi connectivity index (χ1) is 11.6. The first kappa shape index (κ1) is 18.3. The Hall–Kier alpha value is -2.08. The number of ether oxygens (including phenoxy) is 1. The number of amides is 2. The minimum Gasteiger partial charge on any atom is -0.378 e. The van der Waals surface area contributed by atoms with E-state index in [9.17, 15) is 9.59 Å². The van der Waals surface area contributed by atoms with Crippen LogP contribution in [0.15, 0.2) is 24.3 Å². The molecule has 1 aliphatic heterocycles. The maximum absolute atomic E-state index is 12.2. The number of nitrogens with zero attached hydrogens (tertiary/aromatic N) is 2. The van der Waals surface area contributed by atoms with Gasteiger partial charge in [0, 0.05) is 39.5 Å². The maximum atomic E-state index is 12.2. The topological polar surface area (TPSA) is 61.9 Å². The van der Waals surface area contributed by atoms with Crippen molar-refractivity contribution >= 4 is 23.2 Å². The molecule has 6 heteroatoms. The highest BCUT2D eigenvalue weighted by atomic mass is 16.5. The molecule has 132 valence electrons. The quantitative estimate of drug-likeness (QED) is 0.826. The van der Waals surface area contributed by atoms with E-state index in [0.29, 0.717) is 32.7 Å². The van der Waals surface area contributed by atoms with Gasteiger partial charge in [-0.25, -0.2) is 0 Å². The maximum Gasteiger partial charge on any atom is 0.223 e. The Morgan fingerprint density at radius 1 is 1.25 bits per heavy atom. The average molecular weight is 333 g/mol. The summed E-state index contributed by atoms with van der Waals surface area (Å²) in [5.74, 6) is 0.00270. The molecule has 0 bridgehead atoms. The Morgan fingerprint density at radius 2 is 1.96 bits per heavy atom.